The van der Waals surface area contributed by atoms with Gasteiger partial charge in [0.05, 0.1) is 12.5 Å². The van der Waals surface area contributed by atoms with E-state index in [0.717, 1.165) is 32.2 Å². The molecule has 6 heteroatoms. The predicted molar refractivity (Wildman–Crippen MR) is 63.8 cm³/mol. The van der Waals surface area contributed by atoms with Gasteiger partial charge in [-0.05, 0) is 38.1 Å². The molecule has 6 nitrogen and oxygen atoms in total. The van der Waals surface area contributed by atoms with Crippen molar-refractivity contribution in [3.63, 3.8) is 0 Å². The van der Waals surface area contributed by atoms with Gasteiger partial charge in [0.2, 0.25) is 5.89 Å². The van der Waals surface area contributed by atoms with Crippen LogP contribution in [0.2, 0.25) is 0 Å². The number of carboxylic acids is 1. The zero-order chi connectivity index (χ0) is 13.0. The molecule has 0 aromatic carbocycles. The Morgan fingerprint density at radius 1 is 1.44 bits per heavy atom. The average molecular weight is 253 g/mol. The van der Waals surface area contributed by atoms with E-state index in [1.165, 1.54) is 0 Å². The summed E-state index contributed by atoms with van der Waals surface area (Å²) in [5, 5.41) is 16.0. The van der Waals surface area contributed by atoms with Crippen LogP contribution in [0.25, 0.3) is 0 Å². The van der Waals surface area contributed by atoms with E-state index < -0.39 is 5.97 Å². The van der Waals surface area contributed by atoms with E-state index in [-0.39, 0.29) is 5.92 Å². The van der Waals surface area contributed by atoms with Gasteiger partial charge in [-0.25, -0.2) is 0 Å². The van der Waals surface area contributed by atoms with E-state index in [4.69, 9.17) is 9.63 Å². The summed E-state index contributed by atoms with van der Waals surface area (Å²) in [4.78, 5) is 14.9. The van der Waals surface area contributed by atoms with Gasteiger partial charge in [0.1, 0.15) is 0 Å². The summed E-state index contributed by atoms with van der Waals surface area (Å²) in [6.07, 6.45) is 3.55. The molecule has 0 radical (unpaired) electrons. The summed E-state index contributed by atoms with van der Waals surface area (Å²) < 4.78 is 4.88. The van der Waals surface area contributed by atoms with Crippen LogP contribution in [0.3, 0.4) is 0 Å². The largest absolute Gasteiger partial charge is 0.481 e. The SMILES string of the molecule is Cc1nc(CNCC2CCC(C(=O)O)CC2)no1. The standard InChI is InChI=1S/C12H19N3O3/c1-8-14-11(15-18-8)7-13-6-9-2-4-10(5-3-9)12(16)17/h9-10,13H,2-7H2,1H3,(H,16,17). The summed E-state index contributed by atoms with van der Waals surface area (Å²) in [7, 11) is 0. The molecule has 1 aliphatic rings. The Labute approximate surface area is 106 Å². The molecule has 1 aromatic heterocycles. The van der Waals surface area contributed by atoms with Crippen LogP contribution in [0.4, 0.5) is 0 Å². The summed E-state index contributed by atoms with van der Waals surface area (Å²) in [5.41, 5.74) is 0. The van der Waals surface area contributed by atoms with Gasteiger partial charge in [-0.1, -0.05) is 5.16 Å². The van der Waals surface area contributed by atoms with Crippen molar-refractivity contribution in [2.45, 2.75) is 39.2 Å². The van der Waals surface area contributed by atoms with Crippen molar-refractivity contribution in [1.82, 2.24) is 15.5 Å². The quantitative estimate of drug-likeness (QED) is 0.823. The van der Waals surface area contributed by atoms with Crippen molar-refractivity contribution in [3.05, 3.63) is 11.7 Å². The molecule has 1 aliphatic carbocycles. The van der Waals surface area contributed by atoms with E-state index in [1.807, 2.05) is 0 Å². The second-order valence-corrected chi connectivity index (χ2v) is 4.92. The number of hydrogen-bond donors (Lipinski definition) is 2. The van der Waals surface area contributed by atoms with Crippen LogP contribution in [-0.4, -0.2) is 27.8 Å². The van der Waals surface area contributed by atoms with Gasteiger partial charge in [0, 0.05) is 6.92 Å². The normalized spacial score (nSPS) is 24.1. The maximum absolute atomic E-state index is 10.8. The number of carbonyl (C=O) groups is 1. The molecule has 0 spiro atoms. The molecule has 0 atom stereocenters. The van der Waals surface area contributed by atoms with Gasteiger partial charge in [-0.3, -0.25) is 4.79 Å². The van der Waals surface area contributed by atoms with Crippen LogP contribution < -0.4 is 5.32 Å². The molecule has 1 heterocycles. The Hall–Kier alpha value is -1.43. The minimum Gasteiger partial charge on any atom is -0.481 e. The fourth-order valence-electron chi connectivity index (χ4n) is 2.41. The van der Waals surface area contributed by atoms with Crippen LogP contribution in [0.5, 0.6) is 0 Å². The Balaban J connectivity index is 1.65. The minimum absolute atomic E-state index is 0.138. The van der Waals surface area contributed by atoms with Crippen molar-refractivity contribution in [1.29, 1.82) is 0 Å². The second-order valence-electron chi connectivity index (χ2n) is 4.92. The lowest BCUT2D eigenvalue weighted by atomic mass is 9.82. The van der Waals surface area contributed by atoms with Crippen LogP contribution in [0, 0.1) is 18.8 Å². The summed E-state index contributed by atoms with van der Waals surface area (Å²) in [6, 6.07) is 0. The number of aliphatic carboxylic acids is 1. The highest BCUT2D eigenvalue weighted by Gasteiger charge is 2.25. The third-order valence-corrected chi connectivity index (χ3v) is 3.48. The van der Waals surface area contributed by atoms with Crippen molar-refractivity contribution in [2.75, 3.05) is 6.54 Å². The first-order chi connectivity index (χ1) is 8.65. The first kappa shape index (κ1) is 13.0. The Bertz CT molecular complexity index is 397. The van der Waals surface area contributed by atoms with Crippen molar-refractivity contribution < 1.29 is 14.4 Å². The van der Waals surface area contributed by atoms with Crippen LogP contribution >= 0.6 is 0 Å². The van der Waals surface area contributed by atoms with Gasteiger partial charge in [-0.15, -0.1) is 0 Å². The lowest BCUT2D eigenvalue weighted by Crippen LogP contribution is -2.28. The Kier molecular flexibility index (Phi) is 4.30. The number of rotatable bonds is 5. The zero-order valence-corrected chi connectivity index (χ0v) is 10.6. The number of aryl methyl sites for hydroxylation is 1. The highest BCUT2D eigenvalue weighted by atomic mass is 16.5. The van der Waals surface area contributed by atoms with Gasteiger partial charge in [0.15, 0.2) is 5.82 Å². The topological polar surface area (TPSA) is 88.2 Å². The van der Waals surface area contributed by atoms with E-state index in [1.54, 1.807) is 6.92 Å². The molecule has 0 aliphatic heterocycles. The fraction of sp³-hybridized carbons (Fsp3) is 0.750. The molecule has 2 rings (SSSR count). The summed E-state index contributed by atoms with van der Waals surface area (Å²) in [6.45, 7) is 3.26. The lowest BCUT2D eigenvalue weighted by Gasteiger charge is -2.26. The van der Waals surface area contributed by atoms with Crippen molar-refractivity contribution in [2.24, 2.45) is 11.8 Å². The molecule has 0 bridgehead atoms. The number of carboxylic acid groups (broad SMARTS) is 1. The fourth-order valence-corrected chi connectivity index (χ4v) is 2.41. The number of nitrogens with one attached hydrogen (secondary N) is 1. The van der Waals surface area contributed by atoms with Crippen LogP contribution in [0.15, 0.2) is 4.52 Å². The average Bonchev–Trinajstić information content (AvgIpc) is 2.76. The third-order valence-electron chi connectivity index (χ3n) is 3.48. The molecule has 2 N–H and O–H groups in total. The molecular formula is C12H19N3O3. The number of aromatic nitrogens is 2. The molecule has 1 fully saturated rings. The maximum atomic E-state index is 10.8. The van der Waals surface area contributed by atoms with Gasteiger partial charge < -0.3 is 14.9 Å². The summed E-state index contributed by atoms with van der Waals surface area (Å²) in [5.74, 6) is 1.03. The number of hydrogen-bond acceptors (Lipinski definition) is 5. The smallest absolute Gasteiger partial charge is 0.306 e. The molecular weight excluding hydrogens is 234 g/mol. The molecule has 0 unspecified atom stereocenters. The molecule has 1 saturated carbocycles. The van der Waals surface area contributed by atoms with Crippen LogP contribution in [-0.2, 0) is 11.3 Å². The Morgan fingerprint density at radius 2 is 2.17 bits per heavy atom. The van der Waals surface area contributed by atoms with Crippen LogP contribution in [0.1, 0.15) is 37.4 Å². The van der Waals surface area contributed by atoms with E-state index >= 15 is 0 Å². The zero-order valence-electron chi connectivity index (χ0n) is 10.6. The predicted octanol–water partition coefficient (Wildman–Crippen LogP) is 1.36. The van der Waals surface area contributed by atoms with E-state index in [2.05, 4.69) is 15.5 Å². The Morgan fingerprint density at radius 3 is 2.72 bits per heavy atom. The first-order valence-electron chi connectivity index (χ1n) is 6.38. The minimum atomic E-state index is -0.649. The molecule has 100 valence electrons. The van der Waals surface area contributed by atoms with E-state index in [9.17, 15) is 4.79 Å². The van der Waals surface area contributed by atoms with Crippen molar-refractivity contribution >= 4 is 5.97 Å². The first-order valence-corrected chi connectivity index (χ1v) is 6.38. The van der Waals surface area contributed by atoms with Gasteiger partial charge >= 0.3 is 5.97 Å². The van der Waals surface area contributed by atoms with E-state index in [0.29, 0.717) is 24.2 Å². The van der Waals surface area contributed by atoms with Crippen molar-refractivity contribution in [3.8, 4) is 0 Å². The molecule has 1 aromatic rings. The van der Waals surface area contributed by atoms with Gasteiger partial charge in [-0.2, -0.15) is 4.98 Å². The second kappa shape index (κ2) is 5.95. The third kappa shape index (κ3) is 3.53. The summed E-state index contributed by atoms with van der Waals surface area (Å²) >= 11 is 0. The lowest BCUT2D eigenvalue weighted by molar-refractivity contribution is -0.143. The van der Waals surface area contributed by atoms with Gasteiger partial charge in [0.25, 0.3) is 0 Å². The monoisotopic (exact) mass is 253 g/mol. The molecule has 0 amide bonds. The molecule has 0 saturated heterocycles. The highest BCUT2D eigenvalue weighted by Crippen LogP contribution is 2.28. The highest BCUT2D eigenvalue weighted by molar-refractivity contribution is 5.69. The molecule has 18 heavy (non-hydrogen) atoms. The number of nitrogens with zero attached hydrogens (tertiary/aromatic N) is 2. The maximum Gasteiger partial charge on any atom is 0.306 e.